The lowest BCUT2D eigenvalue weighted by Crippen LogP contribution is -2.42. The summed E-state index contributed by atoms with van der Waals surface area (Å²) >= 11 is 0. The van der Waals surface area contributed by atoms with Gasteiger partial charge in [0.2, 0.25) is 10.0 Å². The van der Waals surface area contributed by atoms with Crippen molar-refractivity contribution in [1.82, 2.24) is 4.72 Å². The Kier molecular flexibility index (Phi) is 4.23. The summed E-state index contributed by atoms with van der Waals surface area (Å²) < 4.78 is 27.5. The fraction of sp³-hybridized carbons (Fsp3) is 0.571. The molecule has 0 spiro atoms. The molecule has 1 aromatic rings. The molecule has 1 rings (SSSR count). The number of aryl methyl sites for hydroxylation is 3. The van der Waals surface area contributed by atoms with Crippen molar-refractivity contribution < 1.29 is 8.42 Å². The number of sulfonamides is 1. The van der Waals surface area contributed by atoms with E-state index in [0.717, 1.165) is 23.1 Å². The van der Waals surface area contributed by atoms with Gasteiger partial charge in [-0.3, -0.25) is 0 Å². The van der Waals surface area contributed by atoms with Gasteiger partial charge in [0.05, 0.1) is 4.90 Å². The Bertz CT molecular complexity index is 545. The maximum absolute atomic E-state index is 12.4. The molecule has 4 heteroatoms. The van der Waals surface area contributed by atoms with E-state index in [1.807, 2.05) is 47.6 Å². The predicted octanol–water partition coefficient (Wildman–Crippen LogP) is 3.08. The predicted molar refractivity (Wildman–Crippen MR) is 75.3 cm³/mol. The first-order valence-corrected chi connectivity index (χ1v) is 7.69. The van der Waals surface area contributed by atoms with E-state index in [0.29, 0.717) is 4.90 Å². The van der Waals surface area contributed by atoms with Crippen molar-refractivity contribution in [1.29, 1.82) is 0 Å². The van der Waals surface area contributed by atoms with Gasteiger partial charge < -0.3 is 0 Å². The number of hydrogen-bond acceptors (Lipinski definition) is 2. The van der Waals surface area contributed by atoms with Crippen LogP contribution in [-0.2, 0) is 10.0 Å². The maximum atomic E-state index is 12.4. The van der Waals surface area contributed by atoms with Crippen LogP contribution in [0.1, 0.15) is 43.9 Å². The van der Waals surface area contributed by atoms with Crippen LogP contribution >= 0.6 is 0 Å². The summed E-state index contributed by atoms with van der Waals surface area (Å²) in [4.78, 5) is 0.382. The van der Waals surface area contributed by atoms with Gasteiger partial charge in [-0.05, 0) is 63.8 Å². The Morgan fingerprint density at radius 2 is 1.56 bits per heavy atom. The van der Waals surface area contributed by atoms with E-state index in [1.54, 1.807) is 6.07 Å². The van der Waals surface area contributed by atoms with Crippen LogP contribution in [0.3, 0.4) is 0 Å². The van der Waals surface area contributed by atoms with E-state index in [9.17, 15) is 8.42 Å². The summed E-state index contributed by atoms with van der Waals surface area (Å²) in [6.45, 7) is 11.5. The highest BCUT2D eigenvalue weighted by molar-refractivity contribution is 7.89. The number of rotatable bonds is 4. The summed E-state index contributed by atoms with van der Waals surface area (Å²) in [5.74, 6) is 0. The lowest BCUT2D eigenvalue weighted by molar-refractivity contribution is 0.439. The average Bonchev–Trinajstić information content (AvgIpc) is 2.21. The van der Waals surface area contributed by atoms with Crippen molar-refractivity contribution in [2.45, 2.75) is 58.4 Å². The first-order chi connectivity index (χ1) is 8.09. The minimum Gasteiger partial charge on any atom is -0.207 e. The third-order valence-corrected chi connectivity index (χ3v) is 5.22. The van der Waals surface area contributed by atoms with Crippen LogP contribution in [0.4, 0.5) is 0 Å². The van der Waals surface area contributed by atoms with Gasteiger partial charge in [-0.2, -0.15) is 0 Å². The van der Waals surface area contributed by atoms with E-state index < -0.39 is 15.6 Å². The normalized spacial score (nSPS) is 12.8. The third-order valence-electron chi connectivity index (χ3n) is 3.38. The summed E-state index contributed by atoms with van der Waals surface area (Å²) in [7, 11) is -3.45. The topological polar surface area (TPSA) is 46.2 Å². The van der Waals surface area contributed by atoms with E-state index in [1.165, 1.54) is 0 Å². The molecule has 0 heterocycles. The highest BCUT2D eigenvalue weighted by Gasteiger charge is 2.26. The lowest BCUT2D eigenvalue weighted by Gasteiger charge is -2.25. The van der Waals surface area contributed by atoms with Crippen molar-refractivity contribution in [3.63, 3.8) is 0 Å². The summed E-state index contributed by atoms with van der Waals surface area (Å²) in [5, 5.41) is 0. The molecule has 0 fully saturated rings. The van der Waals surface area contributed by atoms with Gasteiger partial charge >= 0.3 is 0 Å². The molecule has 1 aromatic carbocycles. The zero-order valence-corrected chi connectivity index (χ0v) is 12.9. The fourth-order valence-corrected chi connectivity index (χ4v) is 3.51. The molecule has 0 bridgehead atoms. The molecule has 3 nitrogen and oxygen atoms in total. The molecule has 0 aromatic heterocycles. The van der Waals surface area contributed by atoms with Gasteiger partial charge in [0.1, 0.15) is 0 Å². The van der Waals surface area contributed by atoms with Crippen molar-refractivity contribution in [3.05, 3.63) is 28.8 Å². The Balaban J connectivity index is 3.26. The van der Waals surface area contributed by atoms with E-state index in [-0.39, 0.29) is 0 Å². The summed E-state index contributed by atoms with van der Waals surface area (Å²) in [6, 6.07) is 3.67. The van der Waals surface area contributed by atoms with Gasteiger partial charge in [-0.25, -0.2) is 13.1 Å². The Morgan fingerprint density at radius 1 is 1.06 bits per heavy atom. The van der Waals surface area contributed by atoms with Gasteiger partial charge in [-0.1, -0.05) is 13.0 Å². The van der Waals surface area contributed by atoms with Gasteiger partial charge in [-0.15, -0.1) is 0 Å². The molecule has 0 aliphatic carbocycles. The third kappa shape index (κ3) is 3.33. The van der Waals surface area contributed by atoms with Crippen LogP contribution in [0.15, 0.2) is 17.0 Å². The molecule has 18 heavy (non-hydrogen) atoms. The molecular formula is C14H23NO2S. The van der Waals surface area contributed by atoms with E-state index in [2.05, 4.69) is 4.72 Å². The molecule has 1 N–H and O–H groups in total. The first kappa shape index (κ1) is 15.2. The Morgan fingerprint density at radius 3 is 2.06 bits per heavy atom. The lowest BCUT2D eigenvalue weighted by atomic mass is 10.0. The number of hydrogen-bond donors (Lipinski definition) is 1. The SMILES string of the molecule is CCC(C)(C)NS(=O)(=O)c1cc(C)c(C)cc1C. The zero-order valence-electron chi connectivity index (χ0n) is 12.1. The monoisotopic (exact) mass is 269 g/mol. The molecular weight excluding hydrogens is 246 g/mol. The van der Waals surface area contributed by atoms with E-state index in [4.69, 9.17) is 0 Å². The average molecular weight is 269 g/mol. The van der Waals surface area contributed by atoms with Gasteiger partial charge in [0.25, 0.3) is 0 Å². The summed E-state index contributed by atoms with van der Waals surface area (Å²) in [5.41, 5.74) is 2.47. The minimum atomic E-state index is -3.45. The Labute approximate surface area is 111 Å². The minimum absolute atomic E-state index is 0.382. The zero-order chi connectivity index (χ0) is 14.1. The largest absolute Gasteiger partial charge is 0.241 e. The highest BCUT2D eigenvalue weighted by atomic mass is 32.2. The first-order valence-electron chi connectivity index (χ1n) is 6.21. The second-order valence-electron chi connectivity index (χ2n) is 5.54. The molecule has 0 saturated carbocycles. The van der Waals surface area contributed by atoms with Crippen molar-refractivity contribution in [2.75, 3.05) is 0 Å². The molecule has 0 aliphatic rings. The fourth-order valence-electron chi connectivity index (χ4n) is 1.71. The van der Waals surface area contributed by atoms with Crippen LogP contribution in [0.5, 0.6) is 0 Å². The molecule has 0 amide bonds. The van der Waals surface area contributed by atoms with Crippen molar-refractivity contribution >= 4 is 10.0 Å². The molecule has 0 atom stereocenters. The standard InChI is InChI=1S/C14H23NO2S/c1-7-14(5,6)15-18(16,17)13-9-11(3)10(2)8-12(13)4/h8-9,15H,7H2,1-6H3. The van der Waals surface area contributed by atoms with Crippen LogP contribution < -0.4 is 4.72 Å². The van der Waals surface area contributed by atoms with Crippen LogP contribution in [0, 0.1) is 20.8 Å². The second-order valence-corrected chi connectivity index (χ2v) is 7.20. The van der Waals surface area contributed by atoms with Crippen LogP contribution in [0.25, 0.3) is 0 Å². The smallest absolute Gasteiger partial charge is 0.207 e. The molecule has 0 aliphatic heterocycles. The van der Waals surface area contributed by atoms with Crippen LogP contribution in [-0.4, -0.2) is 14.0 Å². The maximum Gasteiger partial charge on any atom is 0.241 e. The Hall–Kier alpha value is -0.870. The highest BCUT2D eigenvalue weighted by Crippen LogP contribution is 2.22. The van der Waals surface area contributed by atoms with Crippen molar-refractivity contribution in [3.8, 4) is 0 Å². The quantitative estimate of drug-likeness (QED) is 0.913. The number of benzene rings is 1. The van der Waals surface area contributed by atoms with Gasteiger partial charge in [0.15, 0.2) is 0 Å². The van der Waals surface area contributed by atoms with Gasteiger partial charge in [0, 0.05) is 5.54 Å². The second kappa shape index (κ2) is 5.02. The van der Waals surface area contributed by atoms with E-state index >= 15 is 0 Å². The molecule has 0 unspecified atom stereocenters. The molecule has 102 valence electrons. The molecule has 0 radical (unpaired) electrons. The van der Waals surface area contributed by atoms with Crippen molar-refractivity contribution in [2.24, 2.45) is 0 Å². The summed E-state index contributed by atoms with van der Waals surface area (Å²) in [6.07, 6.45) is 0.746. The number of nitrogens with one attached hydrogen (secondary N) is 1. The van der Waals surface area contributed by atoms with Crippen LogP contribution in [0.2, 0.25) is 0 Å². The molecule has 0 saturated heterocycles.